The van der Waals surface area contributed by atoms with Crippen LogP contribution in [0, 0.1) is 18.7 Å². The number of nitrogens with one attached hydrogen (secondary N) is 1. The van der Waals surface area contributed by atoms with Crippen molar-refractivity contribution < 1.29 is 9.18 Å². The van der Waals surface area contributed by atoms with Crippen molar-refractivity contribution in [3.05, 3.63) is 28.0 Å². The molecule has 0 saturated heterocycles. The molecule has 0 aliphatic carbocycles. The van der Waals surface area contributed by atoms with Gasteiger partial charge in [0.15, 0.2) is 0 Å². The molecule has 0 bridgehead atoms. The van der Waals surface area contributed by atoms with Crippen LogP contribution < -0.4 is 11.1 Å². The molecule has 0 heterocycles. The van der Waals surface area contributed by atoms with Crippen molar-refractivity contribution >= 4 is 27.5 Å². The van der Waals surface area contributed by atoms with E-state index >= 15 is 0 Å². The second-order valence-electron chi connectivity index (χ2n) is 3.77. The lowest BCUT2D eigenvalue weighted by molar-refractivity contribution is -0.120. The molecule has 1 amide bonds. The second-order valence-corrected chi connectivity index (χ2v) is 4.62. The zero-order valence-corrected chi connectivity index (χ0v) is 10.8. The van der Waals surface area contributed by atoms with Crippen LogP contribution >= 0.6 is 15.9 Å². The summed E-state index contributed by atoms with van der Waals surface area (Å²) in [7, 11) is 0. The largest absolute Gasteiger partial charge is 0.384 e. The van der Waals surface area contributed by atoms with Gasteiger partial charge in [-0.25, -0.2) is 4.39 Å². The van der Waals surface area contributed by atoms with E-state index in [0.717, 1.165) is 5.56 Å². The summed E-state index contributed by atoms with van der Waals surface area (Å²) in [4.78, 5) is 10.8. The van der Waals surface area contributed by atoms with Gasteiger partial charge >= 0.3 is 0 Å². The molecule has 16 heavy (non-hydrogen) atoms. The Balaban J connectivity index is 2.74. The maximum atomic E-state index is 13.3. The summed E-state index contributed by atoms with van der Waals surface area (Å²) >= 11 is 3.11. The summed E-state index contributed by atoms with van der Waals surface area (Å²) in [6.45, 7) is 3.98. The molecule has 0 aliphatic rings. The van der Waals surface area contributed by atoms with Crippen LogP contribution in [0.25, 0.3) is 0 Å². The minimum Gasteiger partial charge on any atom is -0.384 e. The van der Waals surface area contributed by atoms with E-state index in [1.807, 2.05) is 6.92 Å². The van der Waals surface area contributed by atoms with E-state index in [4.69, 9.17) is 5.73 Å². The van der Waals surface area contributed by atoms with Crippen molar-refractivity contribution in [1.82, 2.24) is 0 Å². The molecule has 1 aromatic carbocycles. The highest BCUT2D eigenvalue weighted by Crippen LogP contribution is 2.23. The molecule has 0 fully saturated rings. The van der Waals surface area contributed by atoms with Crippen molar-refractivity contribution in [2.75, 3.05) is 11.9 Å². The quantitative estimate of drug-likeness (QED) is 0.894. The van der Waals surface area contributed by atoms with Crippen LogP contribution in [-0.2, 0) is 4.79 Å². The standard InChI is InChI=1S/C11H14BrFN2O/c1-6-3-8(12)9(13)4-10(6)15-5-7(2)11(14)16/h3-4,7,15H,5H2,1-2H3,(H2,14,16). The summed E-state index contributed by atoms with van der Waals surface area (Å²) in [6, 6.07) is 3.08. The van der Waals surface area contributed by atoms with Gasteiger partial charge in [-0.3, -0.25) is 4.79 Å². The number of carbonyl (C=O) groups is 1. The fraction of sp³-hybridized carbons (Fsp3) is 0.364. The summed E-state index contributed by atoms with van der Waals surface area (Å²) in [5.41, 5.74) is 6.71. The third-order valence-electron chi connectivity index (χ3n) is 2.35. The summed E-state index contributed by atoms with van der Waals surface area (Å²) in [5, 5.41) is 3.00. The van der Waals surface area contributed by atoms with Crippen molar-refractivity contribution in [1.29, 1.82) is 0 Å². The van der Waals surface area contributed by atoms with Crippen molar-refractivity contribution in [2.24, 2.45) is 11.7 Å². The number of halogens is 2. The number of hydrogen-bond acceptors (Lipinski definition) is 2. The molecule has 3 nitrogen and oxygen atoms in total. The van der Waals surface area contributed by atoms with E-state index in [0.29, 0.717) is 16.7 Å². The number of rotatable bonds is 4. The number of anilines is 1. The van der Waals surface area contributed by atoms with Gasteiger partial charge in [-0.15, -0.1) is 0 Å². The fourth-order valence-electron chi connectivity index (χ4n) is 1.20. The Bertz CT molecular complexity index is 409. The molecular formula is C11H14BrFN2O. The van der Waals surface area contributed by atoms with E-state index < -0.39 is 0 Å². The van der Waals surface area contributed by atoms with Gasteiger partial charge in [-0.2, -0.15) is 0 Å². The predicted octanol–water partition coefficient (Wildman–Crippen LogP) is 2.43. The van der Waals surface area contributed by atoms with Gasteiger partial charge in [0.2, 0.25) is 5.91 Å². The van der Waals surface area contributed by atoms with Gasteiger partial charge in [0.1, 0.15) is 5.82 Å². The Kier molecular flexibility index (Phi) is 4.29. The van der Waals surface area contributed by atoms with Crippen molar-refractivity contribution in [2.45, 2.75) is 13.8 Å². The van der Waals surface area contributed by atoms with Gasteiger partial charge in [0.25, 0.3) is 0 Å². The first kappa shape index (κ1) is 13.0. The van der Waals surface area contributed by atoms with Gasteiger partial charge in [0, 0.05) is 12.2 Å². The lowest BCUT2D eigenvalue weighted by Gasteiger charge is -2.13. The van der Waals surface area contributed by atoms with Crippen LogP contribution in [0.15, 0.2) is 16.6 Å². The molecule has 1 rings (SSSR count). The van der Waals surface area contributed by atoms with E-state index in [1.165, 1.54) is 6.07 Å². The molecule has 1 unspecified atom stereocenters. The minimum atomic E-state index is -0.372. The topological polar surface area (TPSA) is 55.1 Å². The average molecular weight is 289 g/mol. The fourth-order valence-corrected chi connectivity index (χ4v) is 1.66. The molecule has 0 spiro atoms. The maximum Gasteiger partial charge on any atom is 0.222 e. The Labute approximate surface area is 102 Å². The maximum absolute atomic E-state index is 13.3. The van der Waals surface area contributed by atoms with E-state index in [1.54, 1.807) is 13.0 Å². The number of benzene rings is 1. The first-order valence-corrected chi connectivity index (χ1v) is 5.70. The molecule has 0 saturated carbocycles. The average Bonchev–Trinajstić information content (AvgIpc) is 2.20. The van der Waals surface area contributed by atoms with Crippen molar-refractivity contribution in [3.63, 3.8) is 0 Å². The first-order valence-electron chi connectivity index (χ1n) is 4.90. The van der Waals surface area contributed by atoms with E-state index in [9.17, 15) is 9.18 Å². The molecule has 5 heteroatoms. The van der Waals surface area contributed by atoms with Crippen LogP contribution in [0.5, 0.6) is 0 Å². The van der Waals surface area contributed by atoms with Gasteiger partial charge < -0.3 is 11.1 Å². The second kappa shape index (κ2) is 5.30. The summed E-state index contributed by atoms with van der Waals surface area (Å²) in [5.74, 6) is -0.992. The van der Waals surface area contributed by atoms with Gasteiger partial charge in [0.05, 0.1) is 10.4 Å². The predicted molar refractivity (Wildman–Crippen MR) is 65.7 cm³/mol. The molecule has 3 N–H and O–H groups in total. The molecule has 88 valence electrons. The van der Waals surface area contributed by atoms with Crippen LogP contribution in [0.2, 0.25) is 0 Å². The zero-order chi connectivity index (χ0) is 12.3. The number of primary amides is 1. The highest BCUT2D eigenvalue weighted by Gasteiger charge is 2.10. The van der Waals surface area contributed by atoms with E-state index in [2.05, 4.69) is 21.2 Å². The highest BCUT2D eigenvalue weighted by atomic mass is 79.9. The third-order valence-corrected chi connectivity index (χ3v) is 2.96. The lowest BCUT2D eigenvalue weighted by Crippen LogP contribution is -2.26. The van der Waals surface area contributed by atoms with Crippen molar-refractivity contribution in [3.8, 4) is 0 Å². The lowest BCUT2D eigenvalue weighted by atomic mass is 10.1. The molecule has 1 aromatic rings. The summed E-state index contributed by atoms with van der Waals surface area (Å²) in [6.07, 6.45) is 0. The Morgan fingerprint density at radius 1 is 1.62 bits per heavy atom. The molecule has 0 aliphatic heterocycles. The smallest absolute Gasteiger partial charge is 0.222 e. The minimum absolute atomic E-state index is 0.286. The molecule has 1 atom stereocenters. The SMILES string of the molecule is Cc1cc(Br)c(F)cc1NCC(C)C(N)=O. The van der Waals surface area contributed by atoms with E-state index in [-0.39, 0.29) is 17.6 Å². The van der Waals surface area contributed by atoms with Crippen LogP contribution in [0.1, 0.15) is 12.5 Å². The van der Waals surface area contributed by atoms with Gasteiger partial charge in [-0.1, -0.05) is 6.92 Å². The van der Waals surface area contributed by atoms with Crippen LogP contribution in [0.4, 0.5) is 10.1 Å². The monoisotopic (exact) mass is 288 g/mol. The van der Waals surface area contributed by atoms with Crippen LogP contribution in [-0.4, -0.2) is 12.5 Å². The van der Waals surface area contributed by atoms with Crippen LogP contribution in [0.3, 0.4) is 0 Å². The number of carbonyl (C=O) groups excluding carboxylic acids is 1. The molecular weight excluding hydrogens is 275 g/mol. The normalized spacial score (nSPS) is 12.2. The molecule has 0 radical (unpaired) electrons. The Morgan fingerprint density at radius 2 is 2.25 bits per heavy atom. The number of amides is 1. The number of nitrogens with two attached hydrogens (primary N) is 1. The molecule has 0 aromatic heterocycles. The zero-order valence-electron chi connectivity index (χ0n) is 9.18. The Morgan fingerprint density at radius 3 is 2.81 bits per heavy atom. The third kappa shape index (κ3) is 3.20. The highest BCUT2D eigenvalue weighted by molar-refractivity contribution is 9.10. The first-order chi connectivity index (χ1) is 7.41. The summed E-state index contributed by atoms with van der Waals surface area (Å²) < 4.78 is 13.7. The number of hydrogen-bond donors (Lipinski definition) is 2. The Hall–Kier alpha value is -1.10. The number of aryl methyl sites for hydroxylation is 1. The van der Waals surface area contributed by atoms with Gasteiger partial charge in [-0.05, 0) is 40.5 Å².